The molecule has 0 saturated carbocycles. The van der Waals surface area contributed by atoms with Crippen molar-refractivity contribution in [1.29, 1.82) is 0 Å². The van der Waals surface area contributed by atoms with E-state index in [0.29, 0.717) is 11.8 Å². The van der Waals surface area contributed by atoms with E-state index in [-0.39, 0.29) is 0 Å². The van der Waals surface area contributed by atoms with Crippen molar-refractivity contribution in [1.82, 2.24) is 0 Å². The second kappa shape index (κ2) is 7.72. The molecule has 0 aliphatic rings. The van der Waals surface area contributed by atoms with Crippen molar-refractivity contribution in [2.24, 2.45) is 0 Å². The molecular weight excluding hydrogens is 324 g/mol. The highest BCUT2D eigenvalue weighted by Crippen LogP contribution is 2.36. The van der Waals surface area contributed by atoms with Crippen molar-refractivity contribution in [3.8, 4) is 0 Å². The predicted octanol–water partition coefficient (Wildman–Crippen LogP) is 7.53. The first-order valence-corrected chi connectivity index (χ1v) is 10.0. The van der Waals surface area contributed by atoms with Gasteiger partial charge in [-0.15, -0.1) is 0 Å². The van der Waals surface area contributed by atoms with Crippen molar-refractivity contribution in [2.75, 3.05) is 0 Å². The maximum Gasteiger partial charge on any atom is 0.00638 e. The Kier molecular flexibility index (Phi) is 5.56. The highest BCUT2D eigenvalue weighted by atomic mass is 14.2. The van der Waals surface area contributed by atoms with Crippen LogP contribution < -0.4 is 0 Å². The zero-order valence-corrected chi connectivity index (χ0v) is 17.9. The van der Waals surface area contributed by atoms with Gasteiger partial charge in [0, 0.05) is 11.8 Å². The fourth-order valence-electron chi connectivity index (χ4n) is 4.07. The van der Waals surface area contributed by atoms with Gasteiger partial charge in [-0.1, -0.05) is 79.6 Å². The summed E-state index contributed by atoms with van der Waals surface area (Å²) in [4.78, 5) is 0. The van der Waals surface area contributed by atoms with Gasteiger partial charge >= 0.3 is 0 Å². The van der Waals surface area contributed by atoms with Crippen LogP contribution in [0.5, 0.6) is 0 Å². The maximum atomic E-state index is 2.46. The lowest BCUT2D eigenvalue weighted by Gasteiger charge is -2.24. The van der Waals surface area contributed by atoms with E-state index in [1.54, 1.807) is 0 Å². The lowest BCUT2D eigenvalue weighted by atomic mass is 9.80. The summed E-state index contributed by atoms with van der Waals surface area (Å²) in [7, 11) is 0. The van der Waals surface area contributed by atoms with E-state index in [0.717, 1.165) is 0 Å². The van der Waals surface area contributed by atoms with Gasteiger partial charge < -0.3 is 0 Å². The molecule has 0 nitrogen and oxygen atoms in total. The third-order valence-corrected chi connectivity index (χ3v) is 6.39. The minimum Gasteiger partial charge on any atom is -0.0590 e. The average Bonchev–Trinajstić information content (AvgIpc) is 2.66. The van der Waals surface area contributed by atoms with Gasteiger partial charge in [0.15, 0.2) is 0 Å². The number of hydrogen-bond acceptors (Lipinski definition) is 0. The van der Waals surface area contributed by atoms with Crippen molar-refractivity contribution >= 4 is 0 Å². The number of hydrogen-bond donors (Lipinski definition) is 0. The summed E-state index contributed by atoms with van der Waals surface area (Å²) in [5.74, 6) is 0.794. The topological polar surface area (TPSA) is 0 Å². The van der Waals surface area contributed by atoms with Gasteiger partial charge in [0.05, 0.1) is 0 Å². The Balaban J connectivity index is 2.08. The average molecular weight is 357 g/mol. The molecule has 0 heterocycles. The van der Waals surface area contributed by atoms with Crippen LogP contribution in [0.15, 0.2) is 54.6 Å². The SMILES string of the molecule is Cc1ccc(C(C)c2cc(C(C)c3ccc(C)cc3)c(C)c(C)c2C)cc1. The van der Waals surface area contributed by atoms with Crippen LogP contribution in [-0.2, 0) is 0 Å². The first-order chi connectivity index (χ1) is 12.8. The molecule has 0 aromatic heterocycles. The molecule has 2 atom stereocenters. The first-order valence-electron chi connectivity index (χ1n) is 10.0. The molecule has 0 N–H and O–H groups in total. The van der Waals surface area contributed by atoms with E-state index < -0.39 is 0 Å². The molecule has 0 heteroatoms. The summed E-state index contributed by atoms with van der Waals surface area (Å²) in [5.41, 5.74) is 12.6. The molecule has 0 saturated heterocycles. The van der Waals surface area contributed by atoms with Crippen LogP contribution in [-0.4, -0.2) is 0 Å². The van der Waals surface area contributed by atoms with Gasteiger partial charge in [-0.2, -0.15) is 0 Å². The van der Waals surface area contributed by atoms with E-state index in [9.17, 15) is 0 Å². The van der Waals surface area contributed by atoms with Crippen LogP contribution in [0.3, 0.4) is 0 Å². The first kappa shape index (κ1) is 19.4. The second-order valence-corrected chi connectivity index (χ2v) is 8.19. The zero-order valence-electron chi connectivity index (χ0n) is 17.9. The molecule has 2 unspecified atom stereocenters. The van der Waals surface area contributed by atoms with E-state index in [1.807, 2.05) is 0 Å². The van der Waals surface area contributed by atoms with Crippen LogP contribution in [0.4, 0.5) is 0 Å². The standard InChI is InChI=1S/C27H32/c1-17-8-12-24(13-9-17)22(6)26-16-27(21(5)19(3)20(26)4)23(7)25-14-10-18(2)11-15-25/h8-16,22-23H,1-7H3. The molecule has 0 fully saturated rings. The van der Waals surface area contributed by atoms with Crippen molar-refractivity contribution < 1.29 is 0 Å². The van der Waals surface area contributed by atoms with Crippen LogP contribution in [0.25, 0.3) is 0 Å². The lowest BCUT2D eigenvalue weighted by Crippen LogP contribution is -2.08. The quantitative estimate of drug-likeness (QED) is 0.453. The van der Waals surface area contributed by atoms with Crippen LogP contribution in [0.2, 0.25) is 0 Å². The third kappa shape index (κ3) is 3.86. The van der Waals surface area contributed by atoms with Gasteiger partial charge in [0.25, 0.3) is 0 Å². The molecule has 0 spiro atoms. The number of rotatable bonds is 4. The van der Waals surface area contributed by atoms with Crippen LogP contribution in [0.1, 0.15) is 75.8 Å². The fourth-order valence-corrected chi connectivity index (χ4v) is 4.07. The molecule has 3 aromatic rings. The Morgan fingerprint density at radius 2 is 0.815 bits per heavy atom. The number of benzene rings is 3. The van der Waals surface area contributed by atoms with Crippen molar-refractivity contribution in [3.05, 3.63) is 105 Å². The molecule has 3 rings (SSSR count). The van der Waals surface area contributed by atoms with Gasteiger partial charge in [0.2, 0.25) is 0 Å². The van der Waals surface area contributed by atoms with Gasteiger partial charge in [-0.25, -0.2) is 0 Å². The molecule has 0 aliphatic heterocycles. The van der Waals surface area contributed by atoms with E-state index in [2.05, 4.69) is 103 Å². The van der Waals surface area contributed by atoms with Crippen molar-refractivity contribution in [3.63, 3.8) is 0 Å². The summed E-state index contributed by atoms with van der Waals surface area (Å²) < 4.78 is 0. The van der Waals surface area contributed by atoms with Crippen molar-refractivity contribution in [2.45, 2.75) is 60.3 Å². The summed E-state index contributed by atoms with van der Waals surface area (Å²) in [6.07, 6.45) is 0. The minimum atomic E-state index is 0.397. The third-order valence-electron chi connectivity index (χ3n) is 6.39. The molecular formula is C27H32. The molecule has 27 heavy (non-hydrogen) atoms. The molecule has 0 aliphatic carbocycles. The fraction of sp³-hybridized carbons (Fsp3) is 0.333. The summed E-state index contributed by atoms with van der Waals surface area (Å²) in [6.45, 7) is 15.8. The predicted molar refractivity (Wildman–Crippen MR) is 118 cm³/mol. The monoisotopic (exact) mass is 356 g/mol. The zero-order chi connectivity index (χ0) is 19.7. The summed E-state index contributed by atoms with van der Waals surface area (Å²) in [5, 5.41) is 0. The second-order valence-electron chi connectivity index (χ2n) is 8.19. The van der Waals surface area contributed by atoms with E-state index >= 15 is 0 Å². The van der Waals surface area contributed by atoms with Gasteiger partial charge in [-0.3, -0.25) is 0 Å². The number of aryl methyl sites for hydroxylation is 2. The Labute approximate surface area is 165 Å². The van der Waals surface area contributed by atoms with E-state index in [4.69, 9.17) is 0 Å². The van der Waals surface area contributed by atoms with Gasteiger partial charge in [-0.05, 0) is 73.6 Å². The largest absolute Gasteiger partial charge is 0.0590 e. The molecule has 0 bridgehead atoms. The Bertz CT molecular complexity index is 852. The van der Waals surface area contributed by atoms with Gasteiger partial charge in [0.1, 0.15) is 0 Å². The highest BCUT2D eigenvalue weighted by molar-refractivity contribution is 5.51. The summed E-state index contributed by atoms with van der Waals surface area (Å²) >= 11 is 0. The minimum absolute atomic E-state index is 0.397. The molecule has 0 radical (unpaired) electrons. The molecule has 3 aromatic carbocycles. The summed E-state index contributed by atoms with van der Waals surface area (Å²) in [6, 6.07) is 20.4. The smallest absolute Gasteiger partial charge is 0.00638 e. The van der Waals surface area contributed by atoms with Crippen LogP contribution in [0, 0.1) is 34.6 Å². The Morgan fingerprint density at radius 3 is 1.15 bits per heavy atom. The maximum absolute atomic E-state index is 2.46. The lowest BCUT2D eigenvalue weighted by molar-refractivity contribution is 0.863. The normalized spacial score (nSPS) is 13.4. The Hall–Kier alpha value is -2.34. The van der Waals surface area contributed by atoms with Crippen LogP contribution >= 0.6 is 0 Å². The van der Waals surface area contributed by atoms with E-state index in [1.165, 1.54) is 50.1 Å². The highest BCUT2D eigenvalue weighted by Gasteiger charge is 2.19. The molecule has 140 valence electrons. The molecule has 0 amide bonds. The Morgan fingerprint density at radius 1 is 0.481 bits per heavy atom.